The van der Waals surface area contributed by atoms with Crippen molar-refractivity contribution in [3.63, 3.8) is 0 Å². The van der Waals surface area contributed by atoms with Crippen LogP contribution in [0.2, 0.25) is 5.02 Å². The van der Waals surface area contributed by atoms with E-state index >= 15 is 4.39 Å². The molecule has 1 aliphatic heterocycles. The smallest absolute Gasteiger partial charge is 0.410 e. The van der Waals surface area contributed by atoms with Crippen LogP contribution in [0.5, 0.6) is 11.5 Å². The molecule has 0 aliphatic carbocycles. The Hall–Kier alpha value is -3.78. The number of rotatable bonds is 6. The molecule has 3 aromatic carbocycles. The summed E-state index contributed by atoms with van der Waals surface area (Å²) < 4.78 is 33.0. The molecular formula is C29H30ClFN2O5. The largest absolute Gasteiger partial charge is 0.494 e. The van der Waals surface area contributed by atoms with Crippen molar-refractivity contribution in [3.8, 4) is 22.6 Å². The number of fused-ring (bicyclic) bond motifs is 1. The van der Waals surface area contributed by atoms with Crippen LogP contribution < -0.4 is 15.2 Å². The number of carbonyl (C=O) groups is 2. The lowest BCUT2D eigenvalue weighted by Gasteiger charge is -2.34. The van der Waals surface area contributed by atoms with Crippen molar-refractivity contribution < 1.29 is 28.2 Å². The number of benzene rings is 3. The molecule has 0 spiro atoms. The third-order valence-corrected chi connectivity index (χ3v) is 6.64. The van der Waals surface area contributed by atoms with Crippen LogP contribution in [-0.4, -0.2) is 43.2 Å². The SMILES string of the molecule is COc1ccc(C(N)=O)c(-c2c(Cl)ccc3c2C[C@@](CN(C)C(=O)OC(C)(C)C)(c2ccccc2)O3)c1F. The Balaban J connectivity index is 1.87. The minimum Gasteiger partial charge on any atom is -0.494 e. The van der Waals surface area contributed by atoms with Crippen LogP contribution in [0.3, 0.4) is 0 Å². The number of hydrogen-bond donors (Lipinski definition) is 1. The summed E-state index contributed by atoms with van der Waals surface area (Å²) in [5, 5.41) is 0.214. The zero-order chi connectivity index (χ0) is 27.8. The lowest BCUT2D eigenvalue weighted by Crippen LogP contribution is -2.46. The summed E-state index contributed by atoms with van der Waals surface area (Å²) in [6, 6.07) is 15.5. The van der Waals surface area contributed by atoms with Crippen LogP contribution in [0.1, 0.15) is 42.3 Å². The van der Waals surface area contributed by atoms with Crippen molar-refractivity contribution in [1.82, 2.24) is 4.90 Å². The van der Waals surface area contributed by atoms with Crippen LogP contribution >= 0.6 is 11.6 Å². The lowest BCUT2D eigenvalue weighted by atomic mass is 9.85. The Morgan fingerprint density at radius 3 is 2.39 bits per heavy atom. The van der Waals surface area contributed by atoms with E-state index in [1.807, 2.05) is 30.3 Å². The third-order valence-electron chi connectivity index (χ3n) is 6.33. The summed E-state index contributed by atoms with van der Waals surface area (Å²) >= 11 is 6.65. The second-order valence-corrected chi connectivity index (χ2v) is 10.7. The van der Waals surface area contributed by atoms with E-state index in [0.717, 1.165) is 5.56 Å². The van der Waals surface area contributed by atoms with E-state index in [0.29, 0.717) is 11.3 Å². The maximum absolute atomic E-state index is 15.7. The third kappa shape index (κ3) is 5.13. The van der Waals surface area contributed by atoms with Gasteiger partial charge in [-0.3, -0.25) is 4.79 Å². The van der Waals surface area contributed by atoms with Gasteiger partial charge in [-0.05, 0) is 50.6 Å². The lowest BCUT2D eigenvalue weighted by molar-refractivity contribution is 0.00582. The normalized spacial score (nSPS) is 16.4. The first-order valence-corrected chi connectivity index (χ1v) is 12.4. The van der Waals surface area contributed by atoms with Gasteiger partial charge in [0.2, 0.25) is 5.91 Å². The highest BCUT2D eigenvalue weighted by Gasteiger charge is 2.45. The number of carbonyl (C=O) groups excluding carboxylic acids is 2. The summed E-state index contributed by atoms with van der Waals surface area (Å²) in [7, 11) is 2.96. The Bertz CT molecular complexity index is 1390. The van der Waals surface area contributed by atoms with Crippen LogP contribution in [0.4, 0.5) is 9.18 Å². The fourth-order valence-corrected chi connectivity index (χ4v) is 4.98. The van der Waals surface area contributed by atoms with Crippen LogP contribution in [0, 0.1) is 5.82 Å². The average Bonchev–Trinajstić information content (AvgIpc) is 3.23. The number of nitrogens with two attached hydrogens (primary N) is 1. The van der Waals surface area contributed by atoms with E-state index in [4.69, 9.17) is 31.5 Å². The fraction of sp³-hybridized carbons (Fsp3) is 0.310. The summed E-state index contributed by atoms with van der Waals surface area (Å²) in [4.78, 5) is 26.7. The number of methoxy groups -OCH3 is 1. The molecule has 1 aliphatic rings. The average molecular weight is 541 g/mol. The number of primary amides is 1. The highest BCUT2D eigenvalue weighted by molar-refractivity contribution is 6.34. The van der Waals surface area contributed by atoms with E-state index in [2.05, 4.69) is 0 Å². The van der Waals surface area contributed by atoms with E-state index < -0.39 is 29.0 Å². The minimum absolute atomic E-state index is 0.0401. The van der Waals surface area contributed by atoms with Crippen LogP contribution in [0.25, 0.3) is 11.1 Å². The van der Waals surface area contributed by atoms with E-state index in [9.17, 15) is 9.59 Å². The molecule has 0 saturated heterocycles. The Morgan fingerprint density at radius 2 is 1.79 bits per heavy atom. The van der Waals surface area contributed by atoms with Crippen molar-refractivity contribution in [2.45, 2.75) is 38.4 Å². The van der Waals surface area contributed by atoms with E-state index in [1.54, 1.807) is 40.0 Å². The highest BCUT2D eigenvalue weighted by Crippen LogP contribution is 2.50. The Morgan fingerprint density at radius 1 is 1.11 bits per heavy atom. The molecule has 4 rings (SSSR count). The first kappa shape index (κ1) is 27.3. The standard InChI is InChI=1S/C29H30ClFN2O5/c1-28(2,3)38-27(35)33(4)16-29(17-9-7-6-8-10-17)15-19-21(37-29)14-12-20(30)23(19)24-18(26(32)34)11-13-22(36-5)25(24)31/h6-14H,15-16H2,1-5H3,(H2,32,34)/t29-/m1/s1. The molecule has 0 fully saturated rings. The molecule has 0 aromatic heterocycles. The summed E-state index contributed by atoms with van der Waals surface area (Å²) in [6.07, 6.45) is -0.287. The molecule has 1 heterocycles. The minimum atomic E-state index is -1.04. The van der Waals surface area contributed by atoms with Crippen LogP contribution in [0.15, 0.2) is 54.6 Å². The van der Waals surface area contributed by atoms with Crippen molar-refractivity contribution in [2.24, 2.45) is 5.73 Å². The first-order chi connectivity index (χ1) is 17.9. The van der Waals surface area contributed by atoms with Gasteiger partial charge < -0.3 is 24.8 Å². The molecular weight excluding hydrogens is 511 g/mol. The quantitative estimate of drug-likeness (QED) is 0.417. The monoisotopic (exact) mass is 540 g/mol. The molecule has 0 saturated carbocycles. The van der Waals surface area contributed by atoms with Crippen molar-refractivity contribution in [1.29, 1.82) is 0 Å². The van der Waals surface area contributed by atoms with Gasteiger partial charge in [-0.15, -0.1) is 0 Å². The molecule has 9 heteroatoms. The predicted octanol–water partition coefficient (Wildman–Crippen LogP) is 5.95. The molecule has 200 valence electrons. The second-order valence-electron chi connectivity index (χ2n) is 10.2. The van der Waals surface area contributed by atoms with Crippen molar-refractivity contribution >= 4 is 23.6 Å². The molecule has 2 amide bonds. The predicted molar refractivity (Wildman–Crippen MR) is 143 cm³/mol. The summed E-state index contributed by atoms with van der Waals surface area (Å²) in [5.41, 5.74) is 5.46. The number of amides is 2. The van der Waals surface area contributed by atoms with E-state index in [-0.39, 0.29) is 40.4 Å². The van der Waals surface area contributed by atoms with Gasteiger partial charge in [0, 0.05) is 35.2 Å². The molecule has 38 heavy (non-hydrogen) atoms. The topological polar surface area (TPSA) is 91.1 Å². The Kier molecular flexibility index (Phi) is 7.30. The Labute approximate surface area is 226 Å². The second kappa shape index (κ2) is 10.2. The van der Waals surface area contributed by atoms with Gasteiger partial charge in [0.1, 0.15) is 11.4 Å². The number of ether oxygens (including phenoxy) is 3. The summed E-state index contributed by atoms with van der Waals surface area (Å²) in [5.74, 6) is -1.18. The van der Waals surface area contributed by atoms with Crippen LogP contribution in [-0.2, 0) is 16.8 Å². The maximum Gasteiger partial charge on any atom is 0.410 e. The highest BCUT2D eigenvalue weighted by atomic mass is 35.5. The molecule has 0 bridgehead atoms. The molecule has 0 unspecified atom stereocenters. The zero-order valence-corrected chi connectivity index (χ0v) is 22.7. The van der Waals surface area contributed by atoms with E-state index in [1.165, 1.54) is 24.1 Å². The maximum atomic E-state index is 15.7. The summed E-state index contributed by atoms with van der Waals surface area (Å²) in [6.45, 7) is 5.50. The van der Waals surface area contributed by atoms with Gasteiger partial charge in [-0.1, -0.05) is 41.9 Å². The zero-order valence-electron chi connectivity index (χ0n) is 21.9. The number of nitrogens with zero attached hydrogens (tertiary/aromatic N) is 1. The number of likely N-dealkylation sites (N-methyl/N-ethyl adjacent to an activating group) is 1. The van der Waals surface area contributed by atoms with Gasteiger partial charge in [-0.25, -0.2) is 9.18 Å². The molecule has 7 nitrogen and oxygen atoms in total. The molecule has 1 atom stereocenters. The van der Waals surface area contributed by atoms with Gasteiger partial charge in [0.05, 0.1) is 19.2 Å². The van der Waals surface area contributed by atoms with Gasteiger partial charge in [0.25, 0.3) is 0 Å². The van der Waals surface area contributed by atoms with Gasteiger partial charge in [0.15, 0.2) is 17.2 Å². The molecule has 0 radical (unpaired) electrons. The van der Waals surface area contributed by atoms with Gasteiger partial charge in [-0.2, -0.15) is 0 Å². The fourth-order valence-electron chi connectivity index (χ4n) is 4.71. The number of hydrogen-bond acceptors (Lipinski definition) is 5. The number of halogens is 2. The van der Waals surface area contributed by atoms with Gasteiger partial charge >= 0.3 is 6.09 Å². The molecule has 3 aromatic rings. The molecule has 2 N–H and O–H groups in total. The first-order valence-electron chi connectivity index (χ1n) is 12.0. The van der Waals surface area contributed by atoms with Crippen molar-refractivity contribution in [3.05, 3.63) is 82.1 Å². The van der Waals surface area contributed by atoms with Crippen molar-refractivity contribution in [2.75, 3.05) is 20.7 Å².